The number of halogens is 1. The van der Waals surface area contributed by atoms with Crippen LogP contribution in [0, 0.1) is 24.6 Å². The summed E-state index contributed by atoms with van der Waals surface area (Å²) in [6, 6.07) is 4.82. The van der Waals surface area contributed by atoms with Crippen molar-refractivity contribution in [3.8, 4) is 0 Å². The number of hydrogen-bond acceptors (Lipinski definition) is 4. The molecule has 9 heteroatoms. The number of carbonyl (C=O) groups excluding carboxylic acids is 1. The first-order valence-electron chi connectivity index (χ1n) is 10.4. The van der Waals surface area contributed by atoms with Gasteiger partial charge in [0, 0.05) is 45.1 Å². The standard InChI is InChI=1S/C21H27FN4O3S/c1-16-23-9-13-25(16)14-17-6-10-24(11-7-17)21(27)18-8-12-26(15-18)30(28,29)20-4-2-19(22)3-5-20/h2-5,9,13,17-18H,6-8,10-12,14-15H2,1H3. The molecule has 0 saturated carbocycles. The molecular formula is C21H27FN4O3S. The molecule has 2 aliphatic rings. The predicted octanol–water partition coefficient (Wildman–Crippen LogP) is 2.28. The molecule has 2 fully saturated rings. The number of aromatic nitrogens is 2. The third-order valence-electron chi connectivity index (χ3n) is 6.26. The smallest absolute Gasteiger partial charge is 0.243 e. The van der Waals surface area contributed by atoms with Crippen molar-refractivity contribution in [1.29, 1.82) is 0 Å². The van der Waals surface area contributed by atoms with Gasteiger partial charge in [0.1, 0.15) is 11.6 Å². The maximum absolute atomic E-state index is 13.1. The summed E-state index contributed by atoms with van der Waals surface area (Å²) in [6.07, 6.45) is 6.19. The van der Waals surface area contributed by atoms with Crippen molar-refractivity contribution in [2.75, 3.05) is 26.2 Å². The first-order valence-corrected chi connectivity index (χ1v) is 11.8. The molecule has 162 valence electrons. The van der Waals surface area contributed by atoms with E-state index in [4.69, 9.17) is 0 Å². The fourth-order valence-electron chi connectivity index (χ4n) is 4.37. The summed E-state index contributed by atoms with van der Waals surface area (Å²) in [4.78, 5) is 19.2. The largest absolute Gasteiger partial charge is 0.342 e. The highest BCUT2D eigenvalue weighted by molar-refractivity contribution is 7.89. The number of amides is 1. The second-order valence-corrected chi connectivity index (χ2v) is 10.1. The molecule has 1 atom stereocenters. The molecule has 0 spiro atoms. The number of hydrogen-bond donors (Lipinski definition) is 0. The number of carbonyl (C=O) groups is 1. The predicted molar refractivity (Wildman–Crippen MR) is 110 cm³/mol. The van der Waals surface area contributed by atoms with Crippen molar-refractivity contribution < 1.29 is 17.6 Å². The van der Waals surface area contributed by atoms with E-state index < -0.39 is 15.8 Å². The third-order valence-corrected chi connectivity index (χ3v) is 8.14. The number of piperidine rings is 1. The lowest BCUT2D eigenvalue weighted by atomic mass is 9.95. The zero-order valence-electron chi connectivity index (χ0n) is 17.1. The number of rotatable bonds is 5. The Bertz CT molecular complexity index is 998. The van der Waals surface area contributed by atoms with Crippen molar-refractivity contribution in [3.63, 3.8) is 0 Å². The summed E-state index contributed by atoms with van der Waals surface area (Å²) in [6.45, 7) is 4.82. The van der Waals surface area contributed by atoms with E-state index in [9.17, 15) is 17.6 Å². The van der Waals surface area contributed by atoms with E-state index in [1.165, 1.54) is 16.4 Å². The van der Waals surface area contributed by atoms with Crippen molar-refractivity contribution in [3.05, 3.63) is 48.3 Å². The van der Waals surface area contributed by atoms with Gasteiger partial charge in [0.25, 0.3) is 0 Å². The van der Waals surface area contributed by atoms with Gasteiger partial charge in [-0.15, -0.1) is 0 Å². The highest BCUT2D eigenvalue weighted by Gasteiger charge is 2.38. The number of aryl methyl sites for hydroxylation is 1. The van der Waals surface area contributed by atoms with E-state index in [1.807, 2.05) is 18.0 Å². The zero-order chi connectivity index (χ0) is 21.3. The van der Waals surface area contributed by atoms with Crippen LogP contribution in [0.2, 0.25) is 0 Å². The average molecular weight is 435 g/mol. The van der Waals surface area contributed by atoms with Gasteiger partial charge in [-0.3, -0.25) is 4.79 Å². The fourth-order valence-corrected chi connectivity index (χ4v) is 5.87. The summed E-state index contributed by atoms with van der Waals surface area (Å²) in [5.74, 6) is 0.773. The SMILES string of the molecule is Cc1nccn1CC1CCN(C(=O)C2CCN(S(=O)(=O)c3ccc(F)cc3)C2)CC1. The van der Waals surface area contributed by atoms with Gasteiger partial charge in [-0.25, -0.2) is 17.8 Å². The molecule has 30 heavy (non-hydrogen) atoms. The van der Waals surface area contributed by atoms with Crippen LogP contribution in [0.25, 0.3) is 0 Å². The Labute approximate surface area is 176 Å². The van der Waals surface area contributed by atoms with Crippen LogP contribution in [0.4, 0.5) is 4.39 Å². The Hall–Kier alpha value is -2.26. The van der Waals surface area contributed by atoms with E-state index in [0.29, 0.717) is 32.0 Å². The van der Waals surface area contributed by atoms with Crippen LogP contribution in [0.1, 0.15) is 25.1 Å². The second kappa shape index (κ2) is 8.47. The highest BCUT2D eigenvalue weighted by atomic mass is 32.2. The number of imidazole rings is 1. The fraction of sp³-hybridized carbons (Fsp3) is 0.524. The third kappa shape index (κ3) is 4.27. The summed E-state index contributed by atoms with van der Waals surface area (Å²) in [5.41, 5.74) is 0. The van der Waals surface area contributed by atoms with Gasteiger partial charge < -0.3 is 9.47 Å². The van der Waals surface area contributed by atoms with Crippen molar-refractivity contribution >= 4 is 15.9 Å². The van der Waals surface area contributed by atoms with Gasteiger partial charge in [-0.1, -0.05) is 0 Å². The Morgan fingerprint density at radius 3 is 2.47 bits per heavy atom. The molecule has 0 bridgehead atoms. The second-order valence-electron chi connectivity index (χ2n) is 8.20. The number of nitrogens with zero attached hydrogens (tertiary/aromatic N) is 4. The maximum atomic E-state index is 13.1. The summed E-state index contributed by atoms with van der Waals surface area (Å²) in [7, 11) is -3.71. The topological polar surface area (TPSA) is 75.5 Å². The summed E-state index contributed by atoms with van der Waals surface area (Å²) >= 11 is 0. The maximum Gasteiger partial charge on any atom is 0.243 e. The molecule has 1 unspecified atom stereocenters. The van der Waals surface area contributed by atoms with E-state index in [1.54, 1.807) is 6.20 Å². The summed E-state index contributed by atoms with van der Waals surface area (Å²) < 4.78 is 42.2. The van der Waals surface area contributed by atoms with Crippen LogP contribution < -0.4 is 0 Å². The minimum Gasteiger partial charge on any atom is -0.342 e. The molecule has 2 aliphatic heterocycles. The minimum absolute atomic E-state index is 0.0454. The summed E-state index contributed by atoms with van der Waals surface area (Å²) in [5, 5.41) is 0. The van der Waals surface area contributed by atoms with Crippen LogP contribution in [0.5, 0.6) is 0 Å². The molecule has 0 radical (unpaired) electrons. The first kappa shape index (κ1) is 21.0. The lowest BCUT2D eigenvalue weighted by molar-refractivity contribution is -0.136. The quantitative estimate of drug-likeness (QED) is 0.724. The lowest BCUT2D eigenvalue weighted by Gasteiger charge is -2.33. The van der Waals surface area contributed by atoms with Crippen molar-refractivity contribution in [2.45, 2.75) is 37.6 Å². The molecule has 2 saturated heterocycles. The number of sulfonamides is 1. The van der Waals surface area contributed by atoms with Crippen molar-refractivity contribution in [2.24, 2.45) is 11.8 Å². The van der Waals surface area contributed by atoms with Gasteiger partial charge in [0.05, 0.1) is 10.8 Å². The molecule has 1 amide bonds. The van der Waals surface area contributed by atoms with Crippen molar-refractivity contribution in [1.82, 2.24) is 18.8 Å². The van der Waals surface area contributed by atoms with Crippen LogP contribution in [0.3, 0.4) is 0 Å². The zero-order valence-corrected chi connectivity index (χ0v) is 17.9. The molecule has 2 aromatic rings. The van der Waals surface area contributed by atoms with Crippen LogP contribution in [-0.2, 0) is 21.4 Å². The van der Waals surface area contributed by atoms with Gasteiger partial charge in [-0.05, 0) is 56.4 Å². The van der Waals surface area contributed by atoms with E-state index in [0.717, 1.165) is 37.3 Å². The number of likely N-dealkylation sites (tertiary alicyclic amines) is 1. The van der Waals surface area contributed by atoms with Gasteiger partial charge in [-0.2, -0.15) is 4.31 Å². The average Bonchev–Trinajstić information content (AvgIpc) is 3.39. The van der Waals surface area contributed by atoms with Crippen LogP contribution in [-0.4, -0.2) is 59.3 Å². The molecule has 1 aromatic carbocycles. The molecule has 0 aliphatic carbocycles. The van der Waals surface area contributed by atoms with Gasteiger partial charge in [0.2, 0.25) is 15.9 Å². The molecule has 1 aromatic heterocycles. The normalized spacial score (nSPS) is 21.3. The van der Waals surface area contributed by atoms with E-state index >= 15 is 0 Å². The Morgan fingerprint density at radius 2 is 1.83 bits per heavy atom. The Kier molecular flexibility index (Phi) is 5.92. The molecule has 4 rings (SSSR count). The first-order chi connectivity index (χ1) is 14.3. The Morgan fingerprint density at radius 1 is 1.13 bits per heavy atom. The van der Waals surface area contributed by atoms with Gasteiger partial charge >= 0.3 is 0 Å². The minimum atomic E-state index is -3.71. The monoisotopic (exact) mass is 434 g/mol. The van der Waals surface area contributed by atoms with Gasteiger partial charge in [0.15, 0.2) is 0 Å². The molecular weight excluding hydrogens is 407 g/mol. The molecule has 3 heterocycles. The van der Waals surface area contributed by atoms with E-state index in [-0.39, 0.29) is 23.3 Å². The lowest BCUT2D eigenvalue weighted by Crippen LogP contribution is -2.43. The highest BCUT2D eigenvalue weighted by Crippen LogP contribution is 2.28. The Balaban J connectivity index is 1.32. The van der Waals surface area contributed by atoms with Crippen LogP contribution >= 0.6 is 0 Å². The molecule has 0 N–H and O–H groups in total. The van der Waals surface area contributed by atoms with Crippen LogP contribution in [0.15, 0.2) is 41.6 Å². The molecule has 7 nitrogen and oxygen atoms in total. The van der Waals surface area contributed by atoms with E-state index in [2.05, 4.69) is 9.55 Å². The number of benzene rings is 1.